The molecule has 342 valence electrons. The van der Waals surface area contributed by atoms with E-state index in [9.17, 15) is 14.4 Å². The maximum atomic E-state index is 12.8. The summed E-state index contributed by atoms with van der Waals surface area (Å²) < 4.78 is 16.7. The molecule has 0 radical (unpaired) electrons. The highest BCUT2D eigenvalue weighted by Crippen LogP contribution is 2.13. The van der Waals surface area contributed by atoms with E-state index in [1.54, 1.807) is 0 Å². The molecule has 0 aliphatic rings. The van der Waals surface area contributed by atoms with Crippen molar-refractivity contribution in [3.63, 3.8) is 0 Å². The highest BCUT2D eigenvalue weighted by Gasteiger charge is 2.19. The summed E-state index contributed by atoms with van der Waals surface area (Å²) in [6, 6.07) is 0. The molecule has 6 heteroatoms. The number of esters is 3. The van der Waals surface area contributed by atoms with Crippen molar-refractivity contribution in [2.75, 3.05) is 13.2 Å². The first kappa shape index (κ1) is 56.6. The van der Waals surface area contributed by atoms with E-state index in [1.807, 2.05) is 0 Å². The minimum absolute atomic E-state index is 0.110. The molecule has 0 rings (SSSR count). The van der Waals surface area contributed by atoms with E-state index < -0.39 is 6.10 Å². The lowest BCUT2D eigenvalue weighted by Crippen LogP contribution is -2.30. The molecule has 0 aromatic carbocycles. The molecule has 1 atom stereocenters. The fourth-order valence-corrected chi connectivity index (χ4v) is 6.41. The molecule has 0 saturated heterocycles. The van der Waals surface area contributed by atoms with E-state index in [0.717, 1.165) is 89.9 Å². The quantitative estimate of drug-likeness (QED) is 0.0200. The number of allylic oxidation sites excluding steroid dienone is 14. The first-order valence-corrected chi connectivity index (χ1v) is 24.6. The third-order valence-corrected chi connectivity index (χ3v) is 10.1. The van der Waals surface area contributed by atoms with Crippen LogP contribution in [0.4, 0.5) is 0 Å². The number of rotatable bonds is 43. The molecule has 0 bridgehead atoms. The van der Waals surface area contributed by atoms with Crippen molar-refractivity contribution in [3.8, 4) is 0 Å². The highest BCUT2D eigenvalue weighted by molar-refractivity contribution is 5.71. The van der Waals surface area contributed by atoms with Crippen LogP contribution in [0.2, 0.25) is 0 Å². The standard InChI is InChI=1S/C54H90O6/c1-4-7-10-13-16-19-22-24-26-27-28-30-32-35-38-41-44-47-53(56)59-50-51(49-58-52(55)46-43-40-37-34-31-21-18-15-12-9-6-3)60-54(57)48-45-42-39-36-33-29-25-23-20-17-14-11-8-5-2/h8,11,15,17-18,20-21,24,26,28,30-31,35,38,51H,4-7,9-10,12-14,16,19,22-23,25,27,29,32-34,36-37,39-50H2,1-3H3/b11-8-,18-15-,20-17-,26-24-,30-28-,31-21-,38-35-. The fourth-order valence-electron chi connectivity index (χ4n) is 6.41. The Morgan fingerprint density at radius 3 is 1.25 bits per heavy atom. The number of hydrogen-bond acceptors (Lipinski definition) is 6. The van der Waals surface area contributed by atoms with E-state index in [2.05, 4.69) is 106 Å². The Kier molecular flexibility index (Phi) is 45.5. The zero-order valence-electron chi connectivity index (χ0n) is 38.9. The topological polar surface area (TPSA) is 78.9 Å². The normalized spacial score (nSPS) is 12.8. The van der Waals surface area contributed by atoms with Crippen LogP contribution in [0.15, 0.2) is 85.1 Å². The van der Waals surface area contributed by atoms with E-state index in [4.69, 9.17) is 14.2 Å². The molecule has 6 nitrogen and oxygen atoms in total. The van der Waals surface area contributed by atoms with Crippen LogP contribution in [-0.2, 0) is 28.6 Å². The molecule has 0 amide bonds. The molecule has 0 N–H and O–H groups in total. The van der Waals surface area contributed by atoms with Crippen molar-refractivity contribution >= 4 is 17.9 Å². The molecule has 0 aliphatic carbocycles. The Labute approximate surface area is 369 Å². The van der Waals surface area contributed by atoms with Crippen LogP contribution in [0.25, 0.3) is 0 Å². The van der Waals surface area contributed by atoms with Crippen molar-refractivity contribution in [1.29, 1.82) is 0 Å². The van der Waals surface area contributed by atoms with Crippen LogP contribution >= 0.6 is 0 Å². The maximum absolute atomic E-state index is 12.8. The summed E-state index contributed by atoms with van der Waals surface area (Å²) in [5.74, 6) is -1.00. The lowest BCUT2D eigenvalue weighted by atomic mass is 10.1. The Morgan fingerprint density at radius 2 is 0.733 bits per heavy atom. The van der Waals surface area contributed by atoms with Gasteiger partial charge in [0.1, 0.15) is 13.2 Å². The van der Waals surface area contributed by atoms with Gasteiger partial charge in [-0.05, 0) is 96.3 Å². The minimum Gasteiger partial charge on any atom is -0.462 e. The van der Waals surface area contributed by atoms with Gasteiger partial charge in [-0.15, -0.1) is 0 Å². The number of hydrogen-bond donors (Lipinski definition) is 0. The molecular weight excluding hydrogens is 745 g/mol. The minimum atomic E-state index is -0.810. The van der Waals surface area contributed by atoms with Crippen LogP contribution in [0.5, 0.6) is 0 Å². The van der Waals surface area contributed by atoms with Crippen LogP contribution in [0.3, 0.4) is 0 Å². The van der Waals surface area contributed by atoms with Crippen molar-refractivity contribution in [1.82, 2.24) is 0 Å². The molecule has 1 unspecified atom stereocenters. The fraction of sp³-hybridized carbons (Fsp3) is 0.685. The van der Waals surface area contributed by atoms with Gasteiger partial charge in [0.15, 0.2) is 6.10 Å². The van der Waals surface area contributed by atoms with Gasteiger partial charge in [0.05, 0.1) is 0 Å². The molecule has 0 spiro atoms. The molecule has 0 aromatic heterocycles. The van der Waals surface area contributed by atoms with Gasteiger partial charge in [-0.25, -0.2) is 0 Å². The lowest BCUT2D eigenvalue weighted by molar-refractivity contribution is -0.167. The lowest BCUT2D eigenvalue weighted by Gasteiger charge is -2.18. The number of carbonyl (C=O) groups excluding carboxylic acids is 3. The van der Waals surface area contributed by atoms with E-state index in [0.29, 0.717) is 19.3 Å². The van der Waals surface area contributed by atoms with Crippen molar-refractivity contribution < 1.29 is 28.6 Å². The summed E-state index contributed by atoms with van der Waals surface area (Å²) in [4.78, 5) is 37.8. The Morgan fingerprint density at radius 1 is 0.367 bits per heavy atom. The zero-order valence-corrected chi connectivity index (χ0v) is 38.9. The van der Waals surface area contributed by atoms with E-state index in [1.165, 1.54) is 83.5 Å². The second-order valence-electron chi connectivity index (χ2n) is 16.0. The third kappa shape index (κ3) is 45.7. The largest absolute Gasteiger partial charge is 0.462 e. The molecule has 0 saturated carbocycles. The average molecular weight is 835 g/mol. The van der Waals surface area contributed by atoms with E-state index >= 15 is 0 Å². The highest BCUT2D eigenvalue weighted by atomic mass is 16.6. The van der Waals surface area contributed by atoms with Gasteiger partial charge >= 0.3 is 17.9 Å². The predicted molar refractivity (Wildman–Crippen MR) is 256 cm³/mol. The van der Waals surface area contributed by atoms with Crippen LogP contribution in [0, 0.1) is 0 Å². The zero-order chi connectivity index (χ0) is 43.7. The molecule has 0 heterocycles. The van der Waals surface area contributed by atoms with Crippen LogP contribution in [-0.4, -0.2) is 37.2 Å². The summed E-state index contributed by atoms with van der Waals surface area (Å²) in [7, 11) is 0. The van der Waals surface area contributed by atoms with Gasteiger partial charge in [-0.2, -0.15) is 0 Å². The molecular formula is C54H90O6. The van der Waals surface area contributed by atoms with Crippen molar-refractivity contribution in [2.45, 2.75) is 226 Å². The maximum Gasteiger partial charge on any atom is 0.306 e. The van der Waals surface area contributed by atoms with Gasteiger partial charge in [0.2, 0.25) is 0 Å². The number of unbranched alkanes of at least 4 members (excludes halogenated alkanes) is 19. The summed E-state index contributed by atoms with van der Waals surface area (Å²) >= 11 is 0. The number of carbonyl (C=O) groups is 3. The SMILES string of the molecule is CC/C=C\C/C=C\CCCCCCCCCC(=O)OC(COC(=O)CCC/C=C\C/C=C\C/C=C\CCCCCCCC)COC(=O)CCCCC/C=C\C=C/CCCC. The smallest absolute Gasteiger partial charge is 0.306 e. The Hall–Kier alpha value is -3.41. The van der Waals surface area contributed by atoms with E-state index in [-0.39, 0.29) is 37.5 Å². The Balaban J connectivity index is 4.49. The van der Waals surface area contributed by atoms with Crippen LogP contribution in [0.1, 0.15) is 220 Å². The van der Waals surface area contributed by atoms with Gasteiger partial charge < -0.3 is 14.2 Å². The second kappa shape index (κ2) is 48.3. The molecule has 0 aromatic rings. The van der Waals surface area contributed by atoms with Gasteiger partial charge in [-0.1, -0.05) is 189 Å². The first-order chi connectivity index (χ1) is 29.5. The predicted octanol–water partition coefficient (Wildman–Crippen LogP) is 16.0. The van der Waals surface area contributed by atoms with Gasteiger partial charge in [0, 0.05) is 19.3 Å². The summed E-state index contributed by atoms with van der Waals surface area (Å²) in [5, 5.41) is 0. The van der Waals surface area contributed by atoms with Crippen molar-refractivity contribution in [3.05, 3.63) is 85.1 Å². The van der Waals surface area contributed by atoms with Crippen LogP contribution < -0.4 is 0 Å². The average Bonchev–Trinajstić information content (AvgIpc) is 3.24. The third-order valence-electron chi connectivity index (χ3n) is 10.1. The summed E-state index contributed by atoms with van der Waals surface area (Å²) in [5.41, 5.74) is 0. The first-order valence-electron chi connectivity index (χ1n) is 24.6. The van der Waals surface area contributed by atoms with Gasteiger partial charge in [-0.3, -0.25) is 14.4 Å². The monoisotopic (exact) mass is 835 g/mol. The van der Waals surface area contributed by atoms with Gasteiger partial charge in [0.25, 0.3) is 0 Å². The second-order valence-corrected chi connectivity index (χ2v) is 16.0. The van der Waals surface area contributed by atoms with Crippen molar-refractivity contribution in [2.24, 2.45) is 0 Å². The number of ether oxygens (including phenoxy) is 3. The molecule has 0 aliphatic heterocycles. The molecule has 60 heavy (non-hydrogen) atoms. The Bertz CT molecular complexity index is 1190. The summed E-state index contributed by atoms with van der Waals surface area (Å²) in [6.07, 6.45) is 61.5. The molecule has 0 fully saturated rings. The summed E-state index contributed by atoms with van der Waals surface area (Å²) in [6.45, 7) is 6.38.